The Morgan fingerprint density at radius 2 is 1.89 bits per heavy atom. The normalized spacial score (nSPS) is 13.1. The van der Waals surface area contributed by atoms with E-state index in [9.17, 15) is 4.79 Å². The lowest BCUT2D eigenvalue weighted by Gasteiger charge is -2.31. The average molecular weight is 302 g/mol. The summed E-state index contributed by atoms with van der Waals surface area (Å²) in [6.45, 7) is 9.15. The van der Waals surface area contributed by atoms with Crippen LogP contribution in [0, 0.1) is 0 Å². The van der Waals surface area contributed by atoms with Gasteiger partial charge < -0.3 is 0 Å². The third-order valence-corrected chi connectivity index (χ3v) is 3.77. The molecule has 0 saturated carbocycles. The Bertz CT molecular complexity index is 446. The van der Waals surface area contributed by atoms with Crippen molar-refractivity contribution >= 4 is 29.0 Å². The maximum atomic E-state index is 12.5. The first-order chi connectivity index (χ1) is 8.88. The molecule has 0 spiro atoms. The Hall–Kier alpha value is -0.570. The SMILES string of the molecule is CCCN(C(C)C)C(C)C(=O)c1ccc(Cl)cc1Cl. The van der Waals surface area contributed by atoms with Crippen molar-refractivity contribution in [3.63, 3.8) is 0 Å². The zero-order valence-corrected chi connectivity index (χ0v) is 13.4. The molecule has 106 valence electrons. The van der Waals surface area contributed by atoms with Crippen molar-refractivity contribution in [3.8, 4) is 0 Å². The molecule has 1 atom stereocenters. The van der Waals surface area contributed by atoms with Crippen molar-refractivity contribution in [2.45, 2.75) is 46.2 Å². The summed E-state index contributed by atoms with van der Waals surface area (Å²) in [7, 11) is 0. The molecule has 0 saturated heterocycles. The van der Waals surface area contributed by atoms with Gasteiger partial charge in [0.2, 0.25) is 0 Å². The fourth-order valence-corrected chi connectivity index (χ4v) is 2.72. The Morgan fingerprint density at radius 3 is 2.37 bits per heavy atom. The molecule has 0 aliphatic carbocycles. The first-order valence-corrected chi connectivity index (χ1v) is 7.39. The number of carbonyl (C=O) groups is 1. The average Bonchev–Trinajstić information content (AvgIpc) is 2.34. The van der Waals surface area contributed by atoms with Gasteiger partial charge in [0.15, 0.2) is 5.78 Å². The van der Waals surface area contributed by atoms with Gasteiger partial charge in [-0.05, 0) is 51.9 Å². The van der Waals surface area contributed by atoms with E-state index in [0.29, 0.717) is 21.7 Å². The van der Waals surface area contributed by atoms with Crippen LogP contribution in [-0.4, -0.2) is 29.3 Å². The monoisotopic (exact) mass is 301 g/mol. The molecule has 0 aliphatic rings. The molecule has 1 aromatic rings. The number of carbonyl (C=O) groups excluding carboxylic acids is 1. The predicted molar refractivity (Wildman–Crippen MR) is 82.4 cm³/mol. The number of hydrogen-bond donors (Lipinski definition) is 0. The van der Waals surface area contributed by atoms with E-state index in [2.05, 4.69) is 25.7 Å². The zero-order valence-electron chi connectivity index (χ0n) is 11.9. The molecule has 2 nitrogen and oxygen atoms in total. The molecular weight excluding hydrogens is 281 g/mol. The highest BCUT2D eigenvalue weighted by Crippen LogP contribution is 2.23. The largest absolute Gasteiger partial charge is 0.292 e. The molecule has 0 amide bonds. The number of halogens is 2. The number of ketones is 1. The molecule has 0 aromatic heterocycles. The van der Waals surface area contributed by atoms with Gasteiger partial charge in [-0.15, -0.1) is 0 Å². The summed E-state index contributed by atoms with van der Waals surface area (Å²) in [6, 6.07) is 5.16. The second-order valence-corrected chi connectivity index (χ2v) is 5.84. The van der Waals surface area contributed by atoms with Crippen LogP contribution in [0.25, 0.3) is 0 Å². The minimum Gasteiger partial charge on any atom is -0.292 e. The quantitative estimate of drug-likeness (QED) is 0.711. The second-order valence-electron chi connectivity index (χ2n) is 5.00. The minimum absolute atomic E-state index is 0.0452. The van der Waals surface area contributed by atoms with Crippen molar-refractivity contribution in [2.75, 3.05) is 6.54 Å². The Balaban J connectivity index is 2.97. The van der Waals surface area contributed by atoms with Gasteiger partial charge in [0, 0.05) is 16.6 Å². The molecule has 0 bridgehead atoms. The molecule has 0 fully saturated rings. The Morgan fingerprint density at radius 1 is 1.26 bits per heavy atom. The molecule has 0 radical (unpaired) electrons. The molecule has 0 heterocycles. The predicted octanol–water partition coefficient (Wildman–Crippen LogP) is 4.69. The van der Waals surface area contributed by atoms with Gasteiger partial charge in [0.1, 0.15) is 0 Å². The van der Waals surface area contributed by atoms with Gasteiger partial charge >= 0.3 is 0 Å². The molecule has 1 unspecified atom stereocenters. The fraction of sp³-hybridized carbons (Fsp3) is 0.533. The van der Waals surface area contributed by atoms with E-state index < -0.39 is 0 Å². The summed E-state index contributed by atoms with van der Waals surface area (Å²) in [5, 5.41) is 0.966. The summed E-state index contributed by atoms with van der Waals surface area (Å²) < 4.78 is 0. The van der Waals surface area contributed by atoms with Crippen molar-refractivity contribution in [1.82, 2.24) is 4.90 Å². The summed E-state index contributed by atoms with van der Waals surface area (Å²) in [5.41, 5.74) is 0.542. The number of nitrogens with zero attached hydrogens (tertiary/aromatic N) is 1. The lowest BCUT2D eigenvalue weighted by molar-refractivity contribution is 0.0789. The third kappa shape index (κ3) is 4.20. The Kier molecular flexibility index (Phi) is 6.31. The molecule has 0 aliphatic heterocycles. The number of Topliss-reactive ketones (excluding diaryl/α,β-unsaturated/α-hetero) is 1. The van der Waals surface area contributed by atoms with Crippen LogP contribution in [0.15, 0.2) is 18.2 Å². The van der Waals surface area contributed by atoms with E-state index in [-0.39, 0.29) is 11.8 Å². The van der Waals surface area contributed by atoms with E-state index in [4.69, 9.17) is 23.2 Å². The number of hydrogen-bond acceptors (Lipinski definition) is 2. The van der Waals surface area contributed by atoms with Gasteiger partial charge in [0.25, 0.3) is 0 Å². The van der Waals surface area contributed by atoms with Gasteiger partial charge in [-0.2, -0.15) is 0 Å². The highest BCUT2D eigenvalue weighted by atomic mass is 35.5. The van der Waals surface area contributed by atoms with Crippen LogP contribution in [0.3, 0.4) is 0 Å². The second kappa shape index (κ2) is 7.28. The van der Waals surface area contributed by atoms with Crippen molar-refractivity contribution in [2.24, 2.45) is 0 Å². The van der Waals surface area contributed by atoms with Gasteiger partial charge in [-0.3, -0.25) is 9.69 Å². The maximum absolute atomic E-state index is 12.5. The van der Waals surface area contributed by atoms with Crippen LogP contribution in [-0.2, 0) is 0 Å². The third-order valence-electron chi connectivity index (χ3n) is 3.22. The minimum atomic E-state index is -0.182. The molecule has 1 rings (SSSR count). The summed E-state index contributed by atoms with van der Waals surface area (Å²) in [5.74, 6) is 0.0452. The summed E-state index contributed by atoms with van der Waals surface area (Å²) >= 11 is 12.0. The van der Waals surface area contributed by atoms with Gasteiger partial charge in [-0.25, -0.2) is 0 Å². The van der Waals surface area contributed by atoms with E-state index in [1.165, 1.54) is 0 Å². The first-order valence-electron chi connectivity index (χ1n) is 6.63. The van der Waals surface area contributed by atoms with Crippen LogP contribution in [0.2, 0.25) is 10.0 Å². The van der Waals surface area contributed by atoms with E-state index in [1.54, 1.807) is 18.2 Å². The van der Waals surface area contributed by atoms with Crippen LogP contribution in [0.5, 0.6) is 0 Å². The fourth-order valence-electron chi connectivity index (χ4n) is 2.22. The van der Waals surface area contributed by atoms with Gasteiger partial charge in [-0.1, -0.05) is 30.1 Å². The van der Waals surface area contributed by atoms with Crippen molar-refractivity contribution < 1.29 is 4.79 Å². The lowest BCUT2D eigenvalue weighted by Crippen LogP contribution is -2.43. The first kappa shape index (κ1) is 16.5. The van der Waals surface area contributed by atoms with E-state index in [0.717, 1.165) is 13.0 Å². The number of rotatable bonds is 6. The van der Waals surface area contributed by atoms with Crippen LogP contribution in [0.4, 0.5) is 0 Å². The van der Waals surface area contributed by atoms with E-state index >= 15 is 0 Å². The smallest absolute Gasteiger partial charge is 0.181 e. The summed E-state index contributed by atoms with van der Waals surface area (Å²) in [4.78, 5) is 14.7. The summed E-state index contributed by atoms with van der Waals surface area (Å²) in [6.07, 6.45) is 1.02. The molecule has 19 heavy (non-hydrogen) atoms. The lowest BCUT2D eigenvalue weighted by atomic mass is 10.0. The molecular formula is C15H21Cl2NO. The van der Waals surface area contributed by atoms with Crippen molar-refractivity contribution in [1.29, 1.82) is 0 Å². The Labute approximate surface area is 125 Å². The maximum Gasteiger partial charge on any atom is 0.181 e. The highest BCUT2D eigenvalue weighted by Gasteiger charge is 2.25. The topological polar surface area (TPSA) is 20.3 Å². The van der Waals surface area contributed by atoms with Crippen molar-refractivity contribution in [3.05, 3.63) is 33.8 Å². The van der Waals surface area contributed by atoms with Crippen LogP contribution >= 0.6 is 23.2 Å². The number of benzene rings is 1. The molecule has 1 aromatic carbocycles. The van der Waals surface area contributed by atoms with E-state index in [1.807, 2.05) is 6.92 Å². The highest BCUT2D eigenvalue weighted by molar-refractivity contribution is 6.37. The van der Waals surface area contributed by atoms with Crippen LogP contribution < -0.4 is 0 Å². The zero-order chi connectivity index (χ0) is 14.6. The standard InChI is InChI=1S/C15H21Cl2NO/c1-5-8-18(10(2)3)11(4)15(19)13-7-6-12(16)9-14(13)17/h6-7,9-11H,5,8H2,1-4H3. The molecule has 4 heteroatoms. The van der Waals surface area contributed by atoms with Crippen LogP contribution in [0.1, 0.15) is 44.5 Å². The molecule has 0 N–H and O–H groups in total. The van der Waals surface area contributed by atoms with Gasteiger partial charge in [0.05, 0.1) is 11.1 Å².